The van der Waals surface area contributed by atoms with Gasteiger partial charge in [0.2, 0.25) is 0 Å². The fraction of sp³-hybridized carbons (Fsp3) is 0.129. The van der Waals surface area contributed by atoms with E-state index in [-0.39, 0.29) is 23.5 Å². The Morgan fingerprint density at radius 3 is 2.09 bits per heavy atom. The maximum atomic E-state index is 13.4. The topological polar surface area (TPSA) is 154 Å². The van der Waals surface area contributed by atoms with Gasteiger partial charge in [0.25, 0.3) is 5.91 Å². The Balaban J connectivity index is 1.74. The van der Waals surface area contributed by atoms with E-state index in [1.54, 1.807) is 55.5 Å². The van der Waals surface area contributed by atoms with Gasteiger partial charge in [-0.2, -0.15) is 0 Å². The van der Waals surface area contributed by atoms with Gasteiger partial charge in [0.05, 0.1) is 30.6 Å². The van der Waals surface area contributed by atoms with Crippen LogP contribution in [0.15, 0.2) is 84.9 Å². The lowest BCUT2D eigenvalue weighted by molar-refractivity contribution is -0.148. The van der Waals surface area contributed by atoms with Crippen LogP contribution in [0.2, 0.25) is 5.02 Å². The third-order valence-electron chi connectivity index (χ3n) is 6.56. The minimum absolute atomic E-state index is 0.0658. The predicted octanol–water partition coefficient (Wildman–Crippen LogP) is 5.54. The molecule has 3 N–H and O–H groups in total. The molecule has 0 saturated heterocycles. The number of aliphatic carboxylic acids is 1. The van der Waals surface area contributed by atoms with E-state index in [0.717, 1.165) is 9.80 Å². The molecule has 0 aliphatic rings. The second-order valence-corrected chi connectivity index (χ2v) is 9.77. The Bertz CT molecular complexity index is 1720. The Morgan fingerprint density at radius 2 is 1.47 bits per heavy atom. The fourth-order valence-corrected chi connectivity index (χ4v) is 4.67. The first kappa shape index (κ1) is 30.5. The van der Waals surface area contributed by atoms with Crippen LogP contribution in [0.4, 0.5) is 21.9 Å². The molecule has 0 aromatic heterocycles. The molecule has 0 fully saturated rings. The van der Waals surface area contributed by atoms with E-state index in [0.29, 0.717) is 27.0 Å². The summed E-state index contributed by atoms with van der Waals surface area (Å²) in [5.41, 5.74) is 0.791. The quantitative estimate of drug-likeness (QED) is 0.220. The average molecular weight is 604 g/mol. The number of fused-ring (bicyclic) bond motifs is 1. The van der Waals surface area contributed by atoms with Crippen LogP contribution >= 0.6 is 11.6 Å². The number of rotatable bonds is 8. The summed E-state index contributed by atoms with van der Waals surface area (Å²) in [4.78, 5) is 64.5. The number of carboxylic acids is 2. The highest BCUT2D eigenvalue weighted by Crippen LogP contribution is 2.38. The second kappa shape index (κ2) is 13.0. The predicted molar refractivity (Wildman–Crippen MR) is 160 cm³/mol. The van der Waals surface area contributed by atoms with Crippen LogP contribution in [0.3, 0.4) is 0 Å². The third kappa shape index (κ3) is 6.57. The number of nitrogens with one attached hydrogen (secondary N) is 1. The van der Waals surface area contributed by atoms with Crippen molar-refractivity contribution in [1.82, 2.24) is 4.90 Å². The minimum atomic E-state index is -1.78. The summed E-state index contributed by atoms with van der Waals surface area (Å²) in [6.07, 6.45) is -0.853. The highest BCUT2D eigenvalue weighted by molar-refractivity contribution is 6.40. The van der Waals surface area contributed by atoms with Gasteiger partial charge < -0.3 is 20.3 Å². The summed E-state index contributed by atoms with van der Waals surface area (Å²) >= 11 is 5.95. The van der Waals surface area contributed by atoms with E-state index in [1.165, 1.54) is 43.5 Å². The molecule has 220 valence electrons. The molecule has 12 heteroatoms. The number of carbonyl (C=O) groups is 5. The first-order valence-corrected chi connectivity index (χ1v) is 13.2. The second-order valence-electron chi connectivity index (χ2n) is 9.33. The molecule has 3 amide bonds. The smallest absolute Gasteiger partial charge is 0.416 e. The van der Waals surface area contributed by atoms with Crippen molar-refractivity contribution >= 4 is 69.3 Å². The van der Waals surface area contributed by atoms with Crippen molar-refractivity contribution in [3.8, 4) is 0 Å². The molecule has 0 saturated carbocycles. The van der Waals surface area contributed by atoms with Crippen LogP contribution in [0.1, 0.15) is 22.8 Å². The molecular weight excluding hydrogens is 578 g/mol. The summed E-state index contributed by atoms with van der Waals surface area (Å²) in [5, 5.41) is 23.8. The molecule has 43 heavy (non-hydrogen) atoms. The number of hydrogen-bond donors (Lipinski definition) is 3. The molecule has 0 aliphatic heterocycles. The maximum absolute atomic E-state index is 13.4. The van der Waals surface area contributed by atoms with Crippen LogP contribution in [-0.4, -0.2) is 58.1 Å². The molecule has 0 radical (unpaired) electrons. The molecule has 0 aliphatic carbocycles. The van der Waals surface area contributed by atoms with Crippen molar-refractivity contribution in [2.45, 2.75) is 19.5 Å². The number of amides is 3. The molecule has 0 heterocycles. The van der Waals surface area contributed by atoms with E-state index in [1.807, 2.05) is 0 Å². The SMILES string of the molecule is COC(=O)N(Cc1ccc(Cl)cc1)C(=O)[C@H](C)Nc1ccc(N(C(=O)C(=O)O)c2ccccc2C(=O)O)c2ccccc12. The van der Waals surface area contributed by atoms with Crippen LogP contribution < -0.4 is 10.2 Å². The zero-order valence-corrected chi connectivity index (χ0v) is 23.7. The van der Waals surface area contributed by atoms with Gasteiger partial charge in [0, 0.05) is 21.5 Å². The number of halogens is 1. The molecule has 4 rings (SSSR count). The number of imide groups is 1. The Hall–Kier alpha value is -5.42. The summed E-state index contributed by atoms with van der Waals surface area (Å²) in [7, 11) is 1.17. The summed E-state index contributed by atoms with van der Waals surface area (Å²) in [6.45, 7) is 1.50. The van der Waals surface area contributed by atoms with Crippen LogP contribution in [0, 0.1) is 0 Å². The van der Waals surface area contributed by atoms with Crippen molar-refractivity contribution in [3.05, 3.63) is 101 Å². The number of anilines is 3. The van der Waals surface area contributed by atoms with E-state index in [9.17, 15) is 34.2 Å². The lowest BCUT2D eigenvalue weighted by atomic mass is 10.0. The first-order chi connectivity index (χ1) is 20.5. The molecule has 0 bridgehead atoms. The normalized spacial score (nSPS) is 11.3. The monoisotopic (exact) mass is 603 g/mol. The van der Waals surface area contributed by atoms with Crippen LogP contribution in [-0.2, 0) is 25.7 Å². The average Bonchev–Trinajstić information content (AvgIpc) is 3.01. The van der Waals surface area contributed by atoms with E-state index in [4.69, 9.17) is 16.3 Å². The molecule has 0 spiro atoms. The van der Waals surface area contributed by atoms with Gasteiger partial charge in [-0.15, -0.1) is 0 Å². The number of nitrogens with zero attached hydrogens (tertiary/aromatic N) is 2. The first-order valence-electron chi connectivity index (χ1n) is 12.8. The number of carbonyl (C=O) groups excluding carboxylic acids is 3. The molecule has 1 atom stereocenters. The number of hydrogen-bond acceptors (Lipinski definition) is 7. The number of methoxy groups -OCH3 is 1. The molecule has 4 aromatic rings. The summed E-state index contributed by atoms with van der Waals surface area (Å²) in [5.74, 6) is -5.08. The largest absolute Gasteiger partial charge is 0.478 e. The number of ether oxygens (including phenoxy) is 1. The van der Waals surface area contributed by atoms with E-state index >= 15 is 0 Å². The standard InChI is InChI=1S/C31H26ClN3O8/c1-18(27(36)34(31(42)43-2)17-19-11-13-20(32)14-12-19)33-24-15-16-26(22-8-4-3-7-21(22)24)35(28(37)30(40)41)25-10-6-5-9-23(25)29(38)39/h3-16,18,33H,17H2,1-2H3,(H,38,39)(H,40,41)/t18-/m0/s1. The van der Waals surface area contributed by atoms with Crippen molar-refractivity contribution in [2.24, 2.45) is 0 Å². The Kier molecular flexibility index (Phi) is 9.26. The van der Waals surface area contributed by atoms with Gasteiger partial charge in [-0.1, -0.05) is 60.1 Å². The summed E-state index contributed by atoms with van der Waals surface area (Å²) in [6, 6.07) is 21.0. The molecule has 4 aromatic carbocycles. The molecule has 0 unspecified atom stereocenters. The van der Waals surface area contributed by atoms with Crippen LogP contribution in [0.25, 0.3) is 10.8 Å². The highest BCUT2D eigenvalue weighted by Gasteiger charge is 2.31. The van der Waals surface area contributed by atoms with Gasteiger partial charge in [-0.25, -0.2) is 19.3 Å². The third-order valence-corrected chi connectivity index (χ3v) is 6.81. The zero-order valence-electron chi connectivity index (χ0n) is 23.0. The number of aromatic carboxylic acids is 1. The van der Waals surface area contributed by atoms with Gasteiger partial charge >= 0.3 is 23.9 Å². The van der Waals surface area contributed by atoms with Gasteiger partial charge in [-0.3, -0.25) is 14.5 Å². The zero-order chi connectivity index (χ0) is 31.3. The maximum Gasteiger partial charge on any atom is 0.416 e. The highest BCUT2D eigenvalue weighted by atomic mass is 35.5. The number of carboxylic acid groups (broad SMARTS) is 2. The van der Waals surface area contributed by atoms with Crippen molar-refractivity contribution < 1.29 is 38.9 Å². The lowest BCUT2D eigenvalue weighted by Gasteiger charge is -2.26. The van der Waals surface area contributed by atoms with Gasteiger partial charge in [0.1, 0.15) is 6.04 Å². The van der Waals surface area contributed by atoms with Crippen LogP contribution in [0.5, 0.6) is 0 Å². The number of para-hydroxylation sites is 1. The van der Waals surface area contributed by atoms with Crippen molar-refractivity contribution in [1.29, 1.82) is 0 Å². The molecule has 11 nitrogen and oxygen atoms in total. The Morgan fingerprint density at radius 1 is 0.837 bits per heavy atom. The van der Waals surface area contributed by atoms with Gasteiger partial charge in [-0.05, 0) is 48.9 Å². The lowest BCUT2D eigenvalue weighted by Crippen LogP contribution is -2.44. The molecular formula is C31H26ClN3O8. The number of benzene rings is 4. The van der Waals surface area contributed by atoms with E-state index < -0.39 is 35.9 Å². The minimum Gasteiger partial charge on any atom is -0.478 e. The van der Waals surface area contributed by atoms with Crippen molar-refractivity contribution in [2.75, 3.05) is 17.3 Å². The summed E-state index contributed by atoms with van der Waals surface area (Å²) < 4.78 is 4.84. The Labute approximate surface area is 250 Å². The van der Waals surface area contributed by atoms with Crippen molar-refractivity contribution in [3.63, 3.8) is 0 Å². The fourth-order valence-electron chi connectivity index (χ4n) is 4.54. The van der Waals surface area contributed by atoms with Gasteiger partial charge in [0.15, 0.2) is 0 Å². The van der Waals surface area contributed by atoms with E-state index in [2.05, 4.69) is 5.32 Å².